The number of carbonyl (C=O) groups is 2. The molecule has 2 rings (SSSR count). The second-order valence-electron chi connectivity index (χ2n) is 6.82. The molecule has 0 bridgehead atoms. The second-order valence-corrected chi connectivity index (χ2v) is 6.82. The largest absolute Gasteiger partial charge is 0.459 e. The monoisotopic (exact) mass is 412 g/mol. The van der Waals surface area contributed by atoms with Crippen LogP contribution in [0.2, 0.25) is 0 Å². The lowest BCUT2D eigenvalue weighted by Crippen LogP contribution is -2.31. The number of esters is 2. The number of hydrogen-bond donors (Lipinski definition) is 2. The third kappa shape index (κ3) is 8.59. The minimum Gasteiger partial charge on any atom is -0.459 e. The van der Waals surface area contributed by atoms with Crippen LogP contribution in [0.25, 0.3) is 0 Å². The molecule has 0 amide bonds. The maximum absolute atomic E-state index is 11.8. The van der Waals surface area contributed by atoms with Gasteiger partial charge in [0.05, 0.1) is 17.2 Å². The summed E-state index contributed by atoms with van der Waals surface area (Å²) in [6, 6.07) is 17.3. The van der Waals surface area contributed by atoms with Crippen molar-refractivity contribution in [2.24, 2.45) is 0 Å². The number of aliphatic hydroxyl groups excluding tert-OH is 2. The minimum absolute atomic E-state index is 0.210. The highest BCUT2D eigenvalue weighted by Gasteiger charge is 2.18. The van der Waals surface area contributed by atoms with Gasteiger partial charge in [0.25, 0.3) is 0 Å². The summed E-state index contributed by atoms with van der Waals surface area (Å²) in [7, 11) is 0. The fraction of sp³-hybridized carbons (Fsp3) is 0.333. The van der Waals surface area contributed by atoms with Crippen molar-refractivity contribution in [1.29, 1.82) is 0 Å². The lowest BCUT2D eigenvalue weighted by atomic mass is 10.1. The van der Waals surface area contributed by atoms with Crippen LogP contribution in [0, 0.1) is 0 Å². The molecule has 2 atom stereocenters. The van der Waals surface area contributed by atoms with E-state index < -0.39 is 18.2 Å². The van der Waals surface area contributed by atoms with Crippen molar-refractivity contribution in [3.05, 3.63) is 83.9 Å². The molecular formula is C24H28O6. The molecule has 0 heterocycles. The van der Waals surface area contributed by atoms with E-state index in [1.54, 1.807) is 60.7 Å². The zero-order valence-electron chi connectivity index (χ0n) is 16.9. The van der Waals surface area contributed by atoms with Crippen LogP contribution in [0.4, 0.5) is 0 Å². The van der Waals surface area contributed by atoms with Crippen molar-refractivity contribution in [2.75, 3.05) is 13.2 Å². The van der Waals surface area contributed by atoms with Crippen molar-refractivity contribution < 1.29 is 29.3 Å². The van der Waals surface area contributed by atoms with Crippen molar-refractivity contribution >= 4 is 11.9 Å². The van der Waals surface area contributed by atoms with E-state index in [-0.39, 0.29) is 19.2 Å². The zero-order chi connectivity index (χ0) is 21.6. The lowest BCUT2D eigenvalue weighted by molar-refractivity contribution is -0.0306. The van der Waals surface area contributed by atoms with Crippen molar-refractivity contribution in [3.63, 3.8) is 0 Å². The van der Waals surface area contributed by atoms with Crippen LogP contribution in [0.15, 0.2) is 72.8 Å². The molecule has 6 nitrogen and oxygen atoms in total. The fourth-order valence-electron chi connectivity index (χ4n) is 2.71. The van der Waals surface area contributed by atoms with Crippen molar-refractivity contribution in [1.82, 2.24) is 0 Å². The van der Waals surface area contributed by atoms with Crippen molar-refractivity contribution in [3.8, 4) is 0 Å². The predicted octanol–water partition coefficient (Wildman–Crippen LogP) is 3.54. The first kappa shape index (κ1) is 23.3. The van der Waals surface area contributed by atoms with Crippen LogP contribution < -0.4 is 0 Å². The van der Waals surface area contributed by atoms with Gasteiger partial charge in [0, 0.05) is 0 Å². The fourth-order valence-corrected chi connectivity index (χ4v) is 2.71. The van der Waals surface area contributed by atoms with Crippen LogP contribution in [0.5, 0.6) is 0 Å². The molecule has 0 saturated carbocycles. The number of carbonyl (C=O) groups excluding carboxylic acids is 2. The summed E-state index contributed by atoms with van der Waals surface area (Å²) in [4.78, 5) is 23.6. The third-order valence-corrected chi connectivity index (χ3v) is 4.45. The number of unbranched alkanes of at least 4 members (excludes halogenated alkanes) is 2. The molecule has 6 heteroatoms. The molecule has 2 aromatic carbocycles. The average Bonchev–Trinajstić information content (AvgIpc) is 2.79. The second kappa shape index (κ2) is 13.3. The van der Waals surface area contributed by atoms with E-state index in [0.717, 1.165) is 12.8 Å². The van der Waals surface area contributed by atoms with Gasteiger partial charge in [-0.3, -0.25) is 0 Å². The highest BCUT2D eigenvalue weighted by Crippen LogP contribution is 2.09. The van der Waals surface area contributed by atoms with Crippen LogP contribution in [0.3, 0.4) is 0 Å². The van der Waals surface area contributed by atoms with Gasteiger partial charge < -0.3 is 19.7 Å². The number of aliphatic hydroxyl groups is 2. The molecule has 0 spiro atoms. The summed E-state index contributed by atoms with van der Waals surface area (Å²) in [5.74, 6) is -0.884. The Morgan fingerprint density at radius 3 is 1.93 bits per heavy atom. The highest BCUT2D eigenvalue weighted by molar-refractivity contribution is 5.89. The number of rotatable bonds is 12. The van der Waals surface area contributed by atoms with Gasteiger partial charge in [-0.25, -0.2) is 9.59 Å². The molecule has 160 valence electrons. The summed E-state index contributed by atoms with van der Waals surface area (Å²) in [5, 5.41) is 19.9. The molecule has 2 N–H and O–H groups in total. The Kier molecular flexibility index (Phi) is 10.3. The molecule has 0 aliphatic heterocycles. The lowest BCUT2D eigenvalue weighted by Gasteiger charge is -2.17. The maximum atomic E-state index is 11.8. The number of hydrogen-bond acceptors (Lipinski definition) is 6. The van der Waals surface area contributed by atoms with Crippen LogP contribution in [0.1, 0.15) is 46.4 Å². The number of benzene rings is 2. The maximum Gasteiger partial charge on any atom is 0.338 e. The van der Waals surface area contributed by atoms with E-state index in [1.165, 1.54) is 0 Å². The Bertz CT molecular complexity index is 788. The molecule has 0 aliphatic rings. The zero-order valence-corrected chi connectivity index (χ0v) is 16.9. The number of ether oxygens (including phenoxy) is 2. The van der Waals surface area contributed by atoms with Crippen molar-refractivity contribution in [2.45, 2.75) is 37.9 Å². The molecule has 0 saturated heterocycles. The van der Waals surface area contributed by atoms with Gasteiger partial charge in [0.1, 0.15) is 19.3 Å². The van der Waals surface area contributed by atoms with Gasteiger partial charge in [-0.15, -0.1) is 0 Å². The molecular weight excluding hydrogens is 384 g/mol. The quantitative estimate of drug-likeness (QED) is 0.315. The van der Waals surface area contributed by atoms with Gasteiger partial charge in [-0.1, -0.05) is 55.0 Å². The van der Waals surface area contributed by atoms with Gasteiger partial charge in [0.2, 0.25) is 0 Å². The summed E-state index contributed by atoms with van der Waals surface area (Å²) < 4.78 is 10.2. The number of allylic oxidation sites excluding steroid dienone is 1. The van der Waals surface area contributed by atoms with Crippen LogP contribution in [-0.4, -0.2) is 47.6 Å². The molecule has 30 heavy (non-hydrogen) atoms. The minimum atomic E-state index is -1.12. The molecule has 0 aromatic heterocycles. The summed E-state index contributed by atoms with van der Waals surface area (Å²) >= 11 is 0. The van der Waals surface area contributed by atoms with E-state index in [1.807, 2.05) is 12.1 Å². The standard InChI is InChI=1S/C24H28O6/c25-21(22(26)18-30-24(28)20-14-8-5-9-15-20)16-10-2-1-3-11-17-29-23(27)19-12-6-4-7-13-19/h3-9,11-15,21-22,25-26H,1-2,10,16-18H2/b11-3+. The third-order valence-electron chi connectivity index (χ3n) is 4.45. The first-order chi connectivity index (χ1) is 14.6. The van der Waals surface area contributed by atoms with Gasteiger partial charge in [0.15, 0.2) is 0 Å². The molecule has 0 radical (unpaired) electrons. The Balaban J connectivity index is 1.52. The topological polar surface area (TPSA) is 93.1 Å². The summed E-state index contributed by atoms with van der Waals surface area (Å²) in [5.41, 5.74) is 0.924. The van der Waals surface area contributed by atoms with E-state index in [4.69, 9.17) is 9.47 Å². The van der Waals surface area contributed by atoms with E-state index in [0.29, 0.717) is 24.0 Å². The van der Waals surface area contributed by atoms with Gasteiger partial charge in [-0.05, 0) is 43.5 Å². The predicted molar refractivity (Wildman–Crippen MR) is 113 cm³/mol. The Hall–Kier alpha value is -2.96. The van der Waals surface area contributed by atoms with Gasteiger partial charge in [-0.2, -0.15) is 0 Å². The van der Waals surface area contributed by atoms with Crippen LogP contribution >= 0.6 is 0 Å². The molecule has 0 aliphatic carbocycles. The highest BCUT2D eigenvalue weighted by atomic mass is 16.5. The van der Waals surface area contributed by atoms with Gasteiger partial charge >= 0.3 is 11.9 Å². The normalized spacial score (nSPS) is 13.0. The molecule has 0 fully saturated rings. The van der Waals surface area contributed by atoms with E-state index in [2.05, 4.69) is 0 Å². The average molecular weight is 412 g/mol. The molecule has 2 unspecified atom stereocenters. The summed E-state index contributed by atoms with van der Waals surface area (Å²) in [6.07, 6.45) is 4.33. The van der Waals surface area contributed by atoms with E-state index >= 15 is 0 Å². The Morgan fingerprint density at radius 2 is 1.33 bits per heavy atom. The van der Waals surface area contributed by atoms with E-state index in [9.17, 15) is 19.8 Å². The summed E-state index contributed by atoms with van der Waals surface area (Å²) in [6.45, 7) is -0.0383. The smallest absolute Gasteiger partial charge is 0.338 e. The first-order valence-corrected chi connectivity index (χ1v) is 10.0. The Morgan fingerprint density at radius 1 is 0.767 bits per heavy atom. The van der Waals surface area contributed by atoms with Crippen LogP contribution in [-0.2, 0) is 9.47 Å². The Labute approximate surface area is 176 Å². The SMILES string of the molecule is O=C(OC/C=C/CCCCC(O)C(O)COC(=O)c1ccccc1)c1ccccc1. The molecule has 2 aromatic rings. The first-order valence-electron chi connectivity index (χ1n) is 10.0.